The molecule has 0 heterocycles. The summed E-state index contributed by atoms with van der Waals surface area (Å²) in [7, 11) is 12.0. The summed E-state index contributed by atoms with van der Waals surface area (Å²) < 4.78 is 1.78. The molecule has 0 N–H and O–H groups in total. The Balaban J connectivity index is 0.000000196. The number of benzene rings is 4. The van der Waals surface area contributed by atoms with E-state index in [2.05, 4.69) is 123 Å². The van der Waals surface area contributed by atoms with Gasteiger partial charge in [0.25, 0.3) is 0 Å². The molecule has 0 aromatic heterocycles. The normalized spacial score (nSPS) is 10.9. The van der Waals surface area contributed by atoms with Gasteiger partial charge >= 0.3 is 99.8 Å². The van der Waals surface area contributed by atoms with Gasteiger partial charge in [0.2, 0.25) is 0 Å². The molecule has 31 heavy (non-hydrogen) atoms. The fraction of sp³-hybridized carbons (Fsp3) is 0. The van der Waals surface area contributed by atoms with Gasteiger partial charge in [-0.2, -0.15) is 0 Å². The summed E-state index contributed by atoms with van der Waals surface area (Å²) in [5.74, 6) is 0. The van der Waals surface area contributed by atoms with Crippen LogP contribution in [-0.4, -0.2) is 13.3 Å². The Morgan fingerprint density at radius 1 is 0.516 bits per heavy atom. The standard InChI is InChI=1S/C18H15P.C7H5AsBr2Cl2/c1-4-10-16(11-5-1)19(17-12-6-2-7-13-17)18-14-8-3-9-15-18;9-7(10)8(11,12)6-4-2-1-3-5-6/h1-15H;1-5H. The molecule has 4 aromatic carbocycles. The summed E-state index contributed by atoms with van der Waals surface area (Å²) in [5.41, 5.74) is 0. The first kappa shape index (κ1) is 24.9. The quantitative estimate of drug-likeness (QED) is 0.169. The van der Waals surface area contributed by atoms with Crippen LogP contribution in [0.15, 0.2) is 121 Å². The number of hydrogen-bond donors (Lipinski definition) is 0. The second-order valence-corrected chi connectivity index (χ2v) is 24.3. The van der Waals surface area contributed by atoms with Crippen LogP contribution in [0.3, 0.4) is 0 Å². The van der Waals surface area contributed by atoms with Crippen LogP contribution in [0.5, 0.6) is 0 Å². The first-order valence-electron chi connectivity index (χ1n) is 9.48. The number of hydrogen-bond acceptors (Lipinski definition) is 0. The molecule has 6 heteroatoms. The molecule has 0 radical (unpaired) electrons. The molecule has 0 aliphatic rings. The SMILES string of the molecule is Cl[As](Cl)(=C(Br)Br)c1ccccc1.c1ccc(P(c2ccccc2)c2ccccc2)cc1. The number of rotatable bonds is 4. The van der Waals surface area contributed by atoms with Gasteiger partial charge in [0.1, 0.15) is 0 Å². The van der Waals surface area contributed by atoms with Crippen molar-refractivity contribution in [2.45, 2.75) is 0 Å². The van der Waals surface area contributed by atoms with Gasteiger partial charge in [-0.25, -0.2) is 0 Å². The Morgan fingerprint density at radius 3 is 1.10 bits per heavy atom. The van der Waals surface area contributed by atoms with Crippen molar-refractivity contribution in [2.24, 2.45) is 0 Å². The molecule has 0 spiro atoms. The first-order valence-corrected chi connectivity index (χ1v) is 19.2. The van der Waals surface area contributed by atoms with Crippen molar-refractivity contribution in [3.8, 4) is 0 Å². The van der Waals surface area contributed by atoms with E-state index in [9.17, 15) is 0 Å². The van der Waals surface area contributed by atoms with Crippen LogP contribution in [-0.2, 0) is 0 Å². The van der Waals surface area contributed by atoms with Crippen molar-refractivity contribution in [2.75, 3.05) is 0 Å². The van der Waals surface area contributed by atoms with Crippen molar-refractivity contribution in [1.29, 1.82) is 0 Å². The fourth-order valence-electron chi connectivity index (χ4n) is 2.89. The van der Waals surface area contributed by atoms with E-state index in [0.29, 0.717) is 0 Å². The van der Waals surface area contributed by atoms with Crippen molar-refractivity contribution >= 4 is 93.3 Å². The third kappa shape index (κ3) is 7.13. The maximum absolute atomic E-state index is 6.20. The summed E-state index contributed by atoms with van der Waals surface area (Å²) in [4.78, 5) is 0. The minimum Gasteiger partial charge on any atom is -0.0622 e. The van der Waals surface area contributed by atoms with E-state index in [0.717, 1.165) is 6.47 Å². The fourth-order valence-corrected chi connectivity index (χ4v) is 10.1. The largest absolute Gasteiger partial charge is 0.0622 e. The van der Waals surface area contributed by atoms with Gasteiger partial charge in [-0.15, -0.1) is 0 Å². The smallest absolute Gasteiger partial charge is 0.0134 e. The Hall–Kier alpha value is -0.722. The van der Waals surface area contributed by atoms with E-state index in [1.165, 1.54) is 15.9 Å². The van der Waals surface area contributed by atoms with E-state index >= 15 is 0 Å². The monoisotopic (exact) mass is 654 g/mol. The van der Waals surface area contributed by atoms with Gasteiger partial charge in [-0.3, -0.25) is 0 Å². The van der Waals surface area contributed by atoms with Crippen LogP contribution < -0.4 is 20.3 Å². The predicted molar refractivity (Wildman–Crippen MR) is 152 cm³/mol. The maximum Gasteiger partial charge on any atom is -0.0134 e. The van der Waals surface area contributed by atoms with Crippen molar-refractivity contribution in [3.63, 3.8) is 0 Å². The summed E-state index contributed by atoms with van der Waals surface area (Å²) in [6, 6.07) is 42.0. The molecule has 0 unspecified atom stereocenters. The van der Waals surface area contributed by atoms with Crippen LogP contribution in [0.25, 0.3) is 0 Å². The Bertz CT molecular complexity index is 1020. The van der Waals surface area contributed by atoms with Crippen molar-refractivity contribution < 1.29 is 0 Å². The van der Waals surface area contributed by atoms with E-state index in [1.807, 2.05) is 30.3 Å². The van der Waals surface area contributed by atoms with E-state index in [1.54, 1.807) is 0 Å². The van der Waals surface area contributed by atoms with Gasteiger partial charge in [-0.1, -0.05) is 91.0 Å². The van der Waals surface area contributed by atoms with Gasteiger partial charge in [0.05, 0.1) is 0 Å². The Morgan fingerprint density at radius 2 is 0.806 bits per heavy atom. The molecule has 0 fully saturated rings. The third-order valence-electron chi connectivity index (χ3n) is 4.34. The van der Waals surface area contributed by atoms with E-state index in [4.69, 9.17) is 19.9 Å². The zero-order chi connectivity index (χ0) is 22.1. The average Bonchev–Trinajstić information content (AvgIpc) is 2.82. The zero-order valence-corrected chi connectivity index (χ0v) is 23.9. The van der Waals surface area contributed by atoms with Crippen LogP contribution in [0, 0.1) is 0 Å². The maximum atomic E-state index is 6.20. The van der Waals surface area contributed by atoms with Crippen molar-refractivity contribution in [3.05, 3.63) is 121 Å². The zero-order valence-electron chi connectivity index (χ0n) is 16.5. The van der Waals surface area contributed by atoms with Gasteiger partial charge in [-0.05, 0) is 23.8 Å². The molecule has 0 saturated carbocycles. The van der Waals surface area contributed by atoms with E-state index < -0.39 is 19.1 Å². The van der Waals surface area contributed by atoms with Crippen molar-refractivity contribution in [1.82, 2.24) is 0 Å². The second-order valence-electron chi connectivity index (χ2n) is 6.43. The second kappa shape index (κ2) is 12.5. The Labute approximate surface area is 212 Å². The molecule has 0 saturated heterocycles. The molecule has 0 nitrogen and oxygen atoms in total. The third-order valence-corrected chi connectivity index (χ3v) is 23.2. The number of halogens is 4. The molecule has 0 aliphatic heterocycles. The summed E-state index contributed by atoms with van der Waals surface area (Å²) in [5, 5.41) is 4.19. The topological polar surface area (TPSA) is 0 Å². The summed E-state index contributed by atoms with van der Waals surface area (Å²) in [6.07, 6.45) is 0. The minimum absolute atomic E-state index is 0.446. The van der Waals surface area contributed by atoms with Crippen LogP contribution in [0.4, 0.5) is 0 Å². The van der Waals surface area contributed by atoms with Crippen LogP contribution in [0.2, 0.25) is 0 Å². The predicted octanol–water partition coefficient (Wildman–Crippen LogP) is 6.72. The molecule has 4 aromatic rings. The molecular formula is C25H20AsBr2Cl2P. The molecular weight excluding hydrogens is 637 g/mol. The van der Waals surface area contributed by atoms with Gasteiger partial charge in [0, 0.05) is 0 Å². The molecule has 0 aliphatic carbocycles. The van der Waals surface area contributed by atoms with Crippen LogP contribution >= 0.6 is 59.7 Å². The molecule has 0 amide bonds. The molecule has 0 bridgehead atoms. The van der Waals surface area contributed by atoms with Gasteiger partial charge < -0.3 is 0 Å². The molecule has 158 valence electrons. The molecule has 0 atom stereocenters. The summed E-state index contributed by atoms with van der Waals surface area (Å²) in [6.45, 7) is 0. The van der Waals surface area contributed by atoms with E-state index in [-0.39, 0.29) is 0 Å². The minimum atomic E-state index is -2.81. The summed E-state index contributed by atoms with van der Waals surface area (Å²) >= 11 is 3.75. The van der Waals surface area contributed by atoms with Gasteiger partial charge in [0.15, 0.2) is 0 Å². The average molecular weight is 657 g/mol. The molecule has 4 rings (SSSR count). The first-order chi connectivity index (χ1) is 15.0. The van der Waals surface area contributed by atoms with Crippen LogP contribution in [0.1, 0.15) is 0 Å². The Kier molecular flexibility index (Phi) is 10.0.